The molecule has 9 unspecified atom stereocenters. The second-order valence-electron chi connectivity index (χ2n) is 14.5. The summed E-state index contributed by atoms with van der Waals surface area (Å²) in [4.78, 5) is 12.5. The minimum atomic E-state index is -1.93. The van der Waals surface area contributed by atoms with Crippen LogP contribution in [-0.4, -0.2) is 75.3 Å². The first-order valence-corrected chi connectivity index (χ1v) is 17.5. The molecule has 2 heterocycles. The first kappa shape index (κ1) is 34.8. The number of aliphatic hydroxyl groups excluding tert-OH is 3. The van der Waals surface area contributed by atoms with Gasteiger partial charge in [-0.25, -0.2) is 4.39 Å². The van der Waals surface area contributed by atoms with Crippen LogP contribution in [0.25, 0.3) is 0 Å². The Morgan fingerprint density at radius 3 is 2.61 bits per heavy atom. The van der Waals surface area contributed by atoms with E-state index in [4.69, 9.17) is 9.47 Å². The molecule has 46 heavy (non-hydrogen) atoms. The van der Waals surface area contributed by atoms with Crippen LogP contribution < -0.4 is 10.1 Å². The van der Waals surface area contributed by atoms with Gasteiger partial charge in [-0.15, -0.1) is 5.10 Å². The number of carbonyl (C=O) groups excluding carboxylic acids is 1. The number of hydrogen-bond donors (Lipinski definition) is 5. The molecule has 2 aromatic rings. The molecule has 3 fully saturated rings. The van der Waals surface area contributed by atoms with Crippen molar-refractivity contribution in [3.05, 3.63) is 46.6 Å². The van der Waals surface area contributed by atoms with Crippen molar-refractivity contribution < 1.29 is 34.0 Å². The van der Waals surface area contributed by atoms with E-state index in [9.17, 15) is 24.5 Å². The molecule has 2 saturated carbocycles. The lowest BCUT2D eigenvalue weighted by Gasteiger charge is -2.38. The molecule has 1 amide bonds. The number of aromatic nitrogens is 2. The molecule has 1 aromatic heterocycles. The number of aryl methyl sites for hydroxylation is 1. The lowest BCUT2D eigenvalue weighted by atomic mass is 9.84. The first-order chi connectivity index (χ1) is 22.1. The summed E-state index contributed by atoms with van der Waals surface area (Å²) in [6.45, 7) is 6.57. The number of benzene rings is 1. The number of rotatable bonds is 14. The van der Waals surface area contributed by atoms with Crippen molar-refractivity contribution in [3.8, 4) is 5.88 Å². The molecular formula is C36H54FN3O6. The van der Waals surface area contributed by atoms with Crippen LogP contribution in [0.4, 0.5) is 4.39 Å². The van der Waals surface area contributed by atoms with Crippen LogP contribution in [0.5, 0.6) is 5.88 Å². The normalized spacial score (nSPS) is 31.2. The molecule has 3 aliphatic rings. The number of ether oxygens (including phenoxy) is 2. The summed E-state index contributed by atoms with van der Waals surface area (Å²) in [7, 11) is 0. The minimum Gasteiger partial charge on any atom is -0.443 e. The van der Waals surface area contributed by atoms with Gasteiger partial charge < -0.3 is 30.1 Å². The highest BCUT2D eigenvalue weighted by Crippen LogP contribution is 2.47. The standard InChI is InChI=1S/C36H54FN3O6/c1-21(2)32-28(35(40-39-32)46-36-34(44)33(43)31(37)29(20-41)45-36)19-24-12-10-23(11-13-24)6-4-8-30(42)38-15-5-7-26-17-25-16-22(3)9-14-27(26)18-25/h10-13,21-22,25-27,29,31,33-34,36,41,43-44H,4-9,14-20H2,1-3H3,(H,38,42)(H,39,40). The van der Waals surface area contributed by atoms with E-state index in [1.807, 2.05) is 26.0 Å². The van der Waals surface area contributed by atoms with Crippen molar-refractivity contribution in [1.82, 2.24) is 15.5 Å². The van der Waals surface area contributed by atoms with E-state index < -0.39 is 37.4 Å². The van der Waals surface area contributed by atoms with Crippen molar-refractivity contribution in [2.45, 2.75) is 128 Å². The number of nitrogens with zero attached hydrogens (tertiary/aromatic N) is 1. The van der Waals surface area contributed by atoms with Gasteiger partial charge >= 0.3 is 0 Å². The molecule has 9 nitrogen and oxygen atoms in total. The zero-order chi connectivity index (χ0) is 32.8. The summed E-state index contributed by atoms with van der Waals surface area (Å²) in [5.74, 6) is 4.04. The lowest BCUT2D eigenvalue weighted by molar-refractivity contribution is -0.265. The predicted octanol–water partition coefficient (Wildman–Crippen LogP) is 4.96. The SMILES string of the molecule is CC1CCC2CC(C1)CC2CCCNC(=O)CCCc1ccc(Cc2c(OC3OC(CO)C(F)C(O)C3O)n[nH]c2C(C)C)cc1. The fourth-order valence-corrected chi connectivity index (χ4v) is 7.94. The number of amides is 1. The summed E-state index contributed by atoms with van der Waals surface area (Å²) in [5.41, 5.74) is 3.81. The van der Waals surface area contributed by atoms with Gasteiger partial charge in [0, 0.05) is 30.6 Å². The molecule has 10 heteroatoms. The maximum absolute atomic E-state index is 14.2. The van der Waals surface area contributed by atoms with Crippen LogP contribution in [0.15, 0.2) is 24.3 Å². The van der Waals surface area contributed by atoms with Gasteiger partial charge in [0.1, 0.15) is 18.3 Å². The molecule has 256 valence electrons. The lowest BCUT2D eigenvalue weighted by Crippen LogP contribution is -2.58. The van der Waals surface area contributed by atoms with Gasteiger partial charge in [-0.3, -0.25) is 9.89 Å². The van der Waals surface area contributed by atoms with E-state index in [0.29, 0.717) is 12.8 Å². The summed E-state index contributed by atoms with van der Waals surface area (Å²) in [5, 5.41) is 40.3. The molecule has 5 rings (SSSR count). The van der Waals surface area contributed by atoms with Crippen molar-refractivity contribution in [1.29, 1.82) is 0 Å². The Kier molecular flexibility index (Phi) is 12.1. The Morgan fingerprint density at radius 1 is 1.11 bits per heavy atom. The molecule has 0 spiro atoms. The third-order valence-electron chi connectivity index (χ3n) is 10.5. The maximum Gasteiger partial charge on any atom is 0.238 e. The summed E-state index contributed by atoms with van der Waals surface area (Å²) >= 11 is 0. The number of halogens is 1. The quantitative estimate of drug-likeness (QED) is 0.184. The number of aliphatic hydroxyl groups is 3. The van der Waals surface area contributed by atoms with E-state index in [1.54, 1.807) is 0 Å². The highest BCUT2D eigenvalue weighted by atomic mass is 19.1. The smallest absolute Gasteiger partial charge is 0.238 e. The average Bonchev–Trinajstić information content (AvgIpc) is 3.55. The third kappa shape index (κ3) is 8.68. The van der Waals surface area contributed by atoms with Gasteiger partial charge in [0.15, 0.2) is 6.17 Å². The Bertz CT molecular complexity index is 1250. The molecule has 1 saturated heterocycles. The Labute approximate surface area is 272 Å². The number of carbonyl (C=O) groups is 1. The molecule has 2 aliphatic carbocycles. The Balaban J connectivity index is 1.06. The van der Waals surface area contributed by atoms with Gasteiger partial charge in [-0.1, -0.05) is 51.5 Å². The average molecular weight is 644 g/mol. The molecule has 2 bridgehead atoms. The summed E-state index contributed by atoms with van der Waals surface area (Å²) in [6.07, 6.45) is 3.94. The van der Waals surface area contributed by atoms with Crippen LogP contribution in [0.1, 0.15) is 107 Å². The molecule has 9 atom stereocenters. The van der Waals surface area contributed by atoms with Crippen LogP contribution >= 0.6 is 0 Å². The van der Waals surface area contributed by atoms with Crippen molar-refractivity contribution in [3.63, 3.8) is 0 Å². The Morgan fingerprint density at radius 2 is 1.87 bits per heavy atom. The highest BCUT2D eigenvalue weighted by Gasteiger charge is 2.46. The highest BCUT2D eigenvalue weighted by molar-refractivity contribution is 5.75. The van der Waals surface area contributed by atoms with Crippen LogP contribution in [-0.2, 0) is 22.4 Å². The van der Waals surface area contributed by atoms with Crippen LogP contribution in [0, 0.1) is 23.7 Å². The van der Waals surface area contributed by atoms with E-state index in [0.717, 1.165) is 71.9 Å². The van der Waals surface area contributed by atoms with Gasteiger partial charge in [0.25, 0.3) is 0 Å². The molecular weight excluding hydrogens is 589 g/mol. The number of hydrogen-bond acceptors (Lipinski definition) is 7. The monoisotopic (exact) mass is 643 g/mol. The van der Waals surface area contributed by atoms with Crippen LogP contribution in [0.3, 0.4) is 0 Å². The van der Waals surface area contributed by atoms with Crippen LogP contribution in [0.2, 0.25) is 0 Å². The van der Waals surface area contributed by atoms with Crippen molar-refractivity contribution >= 4 is 5.91 Å². The molecule has 1 aromatic carbocycles. The number of alkyl halides is 1. The second-order valence-corrected chi connectivity index (χ2v) is 14.5. The number of fused-ring (bicyclic) bond motifs is 2. The second kappa shape index (κ2) is 16.0. The summed E-state index contributed by atoms with van der Waals surface area (Å²) in [6, 6.07) is 8.23. The first-order valence-electron chi connectivity index (χ1n) is 17.5. The number of H-pyrrole nitrogens is 1. The summed E-state index contributed by atoms with van der Waals surface area (Å²) < 4.78 is 25.5. The van der Waals surface area contributed by atoms with Crippen molar-refractivity contribution in [2.75, 3.05) is 13.2 Å². The van der Waals surface area contributed by atoms with Gasteiger partial charge in [0.2, 0.25) is 18.1 Å². The molecule has 0 radical (unpaired) electrons. The zero-order valence-electron chi connectivity index (χ0n) is 27.7. The van der Waals surface area contributed by atoms with E-state index >= 15 is 0 Å². The van der Waals surface area contributed by atoms with Crippen molar-refractivity contribution in [2.24, 2.45) is 23.7 Å². The topological polar surface area (TPSA) is 137 Å². The van der Waals surface area contributed by atoms with Gasteiger partial charge in [0.05, 0.1) is 6.61 Å². The predicted molar refractivity (Wildman–Crippen MR) is 173 cm³/mol. The van der Waals surface area contributed by atoms with E-state index in [1.165, 1.54) is 38.5 Å². The zero-order valence-corrected chi connectivity index (χ0v) is 27.7. The van der Waals surface area contributed by atoms with E-state index in [-0.39, 0.29) is 17.7 Å². The Hall–Kier alpha value is -2.53. The third-order valence-corrected chi connectivity index (χ3v) is 10.5. The van der Waals surface area contributed by atoms with Gasteiger partial charge in [-0.05, 0) is 92.1 Å². The largest absolute Gasteiger partial charge is 0.443 e. The van der Waals surface area contributed by atoms with Gasteiger partial charge in [-0.2, -0.15) is 0 Å². The minimum absolute atomic E-state index is 0.101. The maximum atomic E-state index is 14.2. The number of nitrogens with one attached hydrogen (secondary N) is 2. The fraction of sp³-hybridized carbons (Fsp3) is 0.722. The number of aromatic amines is 1. The molecule has 1 aliphatic heterocycles. The molecule has 5 N–H and O–H groups in total. The van der Waals surface area contributed by atoms with E-state index in [2.05, 4.69) is 34.6 Å². The fourth-order valence-electron chi connectivity index (χ4n) is 7.94.